The number of hydrogen-bond donors (Lipinski definition) is 1. The normalized spacial score (nSPS) is 12.3. The first kappa shape index (κ1) is 18.5. The number of carbonyl (C=O) groups is 1. The van der Waals surface area contributed by atoms with E-state index in [4.69, 9.17) is 9.47 Å². The summed E-state index contributed by atoms with van der Waals surface area (Å²) in [5.41, 5.74) is 1.56. The lowest BCUT2D eigenvalue weighted by molar-refractivity contribution is 0.0641. The molecule has 1 atom stereocenters. The van der Waals surface area contributed by atoms with Gasteiger partial charge in [-0.1, -0.05) is 13.3 Å². The zero-order valence-corrected chi connectivity index (χ0v) is 14.4. The van der Waals surface area contributed by atoms with Gasteiger partial charge in [-0.25, -0.2) is 0 Å². The molecule has 0 aliphatic heterocycles. The number of benzene rings is 1. The van der Waals surface area contributed by atoms with Crippen LogP contribution in [0.3, 0.4) is 0 Å². The number of carbonyl (C=O) groups excluding carboxylic acids is 1. The molecule has 0 saturated heterocycles. The van der Waals surface area contributed by atoms with E-state index in [0.29, 0.717) is 18.8 Å². The van der Waals surface area contributed by atoms with Crippen LogP contribution in [-0.4, -0.2) is 24.7 Å². The fourth-order valence-corrected chi connectivity index (χ4v) is 2.20. The molecule has 4 nitrogen and oxygen atoms in total. The van der Waals surface area contributed by atoms with Crippen LogP contribution in [0.2, 0.25) is 0 Å². The van der Waals surface area contributed by atoms with Gasteiger partial charge in [-0.05, 0) is 52.3 Å². The van der Waals surface area contributed by atoms with Gasteiger partial charge in [-0.3, -0.25) is 4.79 Å². The summed E-state index contributed by atoms with van der Waals surface area (Å²) in [7, 11) is 0. The highest BCUT2D eigenvalue weighted by atomic mass is 16.5. The SMILES string of the molecule is CCC[C@@H](C)NC(=O)c1ccc(OCC)c(COC(C)C)c1. The van der Waals surface area contributed by atoms with Crippen LogP contribution in [0.5, 0.6) is 5.75 Å². The minimum absolute atomic E-state index is 0.0465. The first-order valence-electron chi connectivity index (χ1n) is 8.16. The van der Waals surface area contributed by atoms with Crippen molar-refractivity contribution in [2.45, 2.75) is 66.2 Å². The van der Waals surface area contributed by atoms with Crippen molar-refractivity contribution in [2.75, 3.05) is 6.61 Å². The molecule has 0 saturated carbocycles. The Morgan fingerprint density at radius 1 is 1.23 bits per heavy atom. The van der Waals surface area contributed by atoms with E-state index in [2.05, 4.69) is 12.2 Å². The second-order valence-corrected chi connectivity index (χ2v) is 5.78. The van der Waals surface area contributed by atoms with E-state index in [9.17, 15) is 4.79 Å². The molecule has 0 fully saturated rings. The van der Waals surface area contributed by atoms with Gasteiger partial charge in [0.25, 0.3) is 5.91 Å². The van der Waals surface area contributed by atoms with E-state index in [1.165, 1.54) is 0 Å². The van der Waals surface area contributed by atoms with Crippen molar-refractivity contribution in [1.82, 2.24) is 5.32 Å². The predicted molar refractivity (Wildman–Crippen MR) is 89.4 cm³/mol. The number of amides is 1. The number of rotatable bonds is 9. The topological polar surface area (TPSA) is 47.6 Å². The van der Waals surface area contributed by atoms with Gasteiger partial charge >= 0.3 is 0 Å². The molecule has 0 bridgehead atoms. The molecular formula is C18H29NO3. The Bertz CT molecular complexity index is 471. The molecule has 4 heteroatoms. The fraction of sp³-hybridized carbons (Fsp3) is 0.611. The van der Waals surface area contributed by atoms with Gasteiger partial charge in [0.05, 0.1) is 19.3 Å². The van der Waals surface area contributed by atoms with E-state index in [-0.39, 0.29) is 18.1 Å². The lowest BCUT2D eigenvalue weighted by atomic mass is 10.1. The summed E-state index contributed by atoms with van der Waals surface area (Å²) in [6.45, 7) is 11.1. The van der Waals surface area contributed by atoms with E-state index in [1.54, 1.807) is 6.07 Å². The summed E-state index contributed by atoms with van der Waals surface area (Å²) in [4.78, 5) is 12.3. The first-order chi connectivity index (χ1) is 10.5. The Hall–Kier alpha value is -1.55. The predicted octanol–water partition coefficient (Wildman–Crippen LogP) is 3.93. The van der Waals surface area contributed by atoms with Gasteiger partial charge in [0.15, 0.2) is 0 Å². The zero-order chi connectivity index (χ0) is 16.5. The maximum absolute atomic E-state index is 12.3. The Morgan fingerprint density at radius 2 is 1.95 bits per heavy atom. The van der Waals surface area contributed by atoms with Crippen LogP contribution >= 0.6 is 0 Å². The molecule has 1 aromatic rings. The lowest BCUT2D eigenvalue weighted by Gasteiger charge is -2.16. The maximum Gasteiger partial charge on any atom is 0.251 e. The van der Waals surface area contributed by atoms with Crippen molar-refractivity contribution in [1.29, 1.82) is 0 Å². The second-order valence-electron chi connectivity index (χ2n) is 5.78. The fourth-order valence-electron chi connectivity index (χ4n) is 2.20. The van der Waals surface area contributed by atoms with Gasteiger partial charge in [0, 0.05) is 17.2 Å². The first-order valence-corrected chi connectivity index (χ1v) is 8.16. The van der Waals surface area contributed by atoms with Crippen LogP contribution in [0.4, 0.5) is 0 Å². The summed E-state index contributed by atoms with van der Waals surface area (Å²) < 4.78 is 11.3. The molecule has 1 amide bonds. The van der Waals surface area contributed by atoms with Crippen molar-refractivity contribution >= 4 is 5.91 Å². The molecule has 124 valence electrons. The summed E-state index contributed by atoms with van der Waals surface area (Å²) in [6, 6.07) is 5.70. The highest BCUT2D eigenvalue weighted by molar-refractivity contribution is 5.94. The molecular weight excluding hydrogens is 278 g/mol. The highest BCUT2D eigenvalue weighted by Gasteiger charge is 2.13. The minimum Gasteiger partial charge on any atom is -0.494 e. The summed E-state index contributed by atoms with van der Waals surface area (Å²) in [5, 5.41) is 3.02. The largest absolute Gasteiger partial charge is 0.494 e. The number of ether oxygens (including phenoxy) is 2. The molecule has 1 N–H and O–H groups in total. The molecule has 0 heterocycles. The van der Waals surface area contributed by atoms with Crippen LogP contribution in [-0.2, 0) is 11.3 Å². The summed E-state index contributed by atoms with van der Waals surface area (Å²) in [6.07, 6.45) is 2.17. The van der Waals surface area contributed by atoms with Gasteiger partial charge in [0.1, 0.15) is 5.75 Å². The van der Waals surface area contributed by atoms with Gasteiger partial charge in [0.2, 0.25) is 0 Å². The molecule has 1 rings (SSSR count). The van der Waals surface area contributed by atoms with Crippen molar-refractivity contribution < 1.29 is 14.3 Å². The summed E-state index contributed by atoms with van der Waals surface area (Å²) >= 11 is 0. The molecule has 0 aliphatic rings. The third-order valence-electron chi connectivity index (χ3n) is 3.29. The molecule has 0 spiro atoms. The van der Waals surface area contributed by atoms with Crippen LogP contribution in [0.1, 0.15) is 63.4 Å². The van der Waals surface area contributed by atoms with Crippen molar-refractivity contribution in [2.24, 2.45) is 0 Å². The standard InChI is InChI=1S/C18H29NO3/c1-6-8-14(5)19-18(20)15-9-10-17(21-7-2)16(11-15)12-22-13(3)4/h9-11,13-14H,6-8,12H2,1-5H3,(H,19,20)/t14-/m1/s1. The zero-order valence-electron chi connectivity index (χ0n) is 14.4. The van der Waals surface area contributed by atoms with E-state index < -0.39 is 0 Å². The minimum atomic E-state index is -0.0465. The summed E-state index contributed by atoms with van der Waals surface area (Å²) in [5.74, 6) is 0.733. The quantitative estimate of drug-likeness (QED) is 0.752. The lowest BCUT2D eigenvalue weighted by Crippen LogP contribution is -2.32. The van der Waals surface area contributed by atoms with Crippen LogP contribution in [0, 0.1) is 0 Å². The molecule has 0 radical (unpaired) electrons. The maximum atomic E-state index is 12.3. The second kappa shape index (κ2) is 9.46. The number of hydrogen-bond acceptors (Lipinski definition) is 3. The molecule has 0 aromatic heterocycles. The van der Waals surface area contributed by atoms with E-state index in [1.807, 2.05) is 39.8 Å². The van der Waals surface area contributed by atoms with Crippen molar-refractivity contribution in [3.8, 4) is 5.75 Å². The molecule has 0 unspecified atom stereocenters. The van der Waals surface area contributed by atoms with E-state index >= 15 is 0 Å². The Balaban J connectivity index is 2.87. The third kappa shape index (κ3) is 6.06. The molecule has 0 aliphatic carbocycles. The van der Waals surface area contributed by atoms with Crippen molar-refractivity contribution in [3.05, 3.63) is 29.3 Å². The van der Waals surface area contributed by atoms with Crippen LogP contribution in [0.15, 0.2) is 18.2 Å². The van der Waals surface area contributed by atoms with E-state index in [0.717, 1.165) is 24.2 Å². The molecule has 22 heavy (non-hydrogen) atoms. The van der Waals surface area contributed by atoms with Crippen LogP contribution in [0.25, 0.3) is 0 Å². The Labute approximate surface area is 134 Å². The molecule has 1 aromatic carbocycles. The smallest absolute Gasteiger partial charge is 0.251 e. The van der Waals surface area contributed by atoms with Crippen LogP contribution < -0.4 is 10.1 Å². The average Bonchev–Trinajstić information content (AvgIpc) is 2.46. The van der Waals surface area contributed by atoms with Gasteiger partial charge < -0.3 is 14.8 Å². The monoisotopic (exact) mass is 307 g/mol. The van der Waals surface area contributed by atoms with Gasteiger partial charge in [-0.2, -0.15) is 0 Å². The highest BCUT2D eigenvalue weighted by Crippen LogP contribution is 2.22. The third-order valence-corrected chi connectivity index (χ3v) is 3.29. The van der Waals surface area contributed by atoms with Crippen molar-refractivity contribution in [3.63, 3.8) is 0 Å². The average molecular weight is 307 g/mol. The number of nitrogens with one attached hydrogen (secondary N) is 1. The Kier molecular flexibility index (Phi) is 7.96. The van der Waals surface area contributed by atoms with Gasteiger partial charge in [-0.15, -0.1) is 0 Å². The Morgan fingerprint density at radius 3 is 2.55 bits per heavy atom.